The van der Waals surface area contributed by atoms with E-state index < -0.39 is 6.09 Å². The number of ether oxygens (including phenoxy) is 1. The molecule has 1 amide bonds. The number of nitrogens with zero attached hydrogens (tertiary/aromatic N) is 1. The minimum absolute atomic E-state index is 0.430. The van der Waals surface area contributed by atoms with Crippen LogP contribution in [0, 0.1) is 0 Å². The van der Waals surface area contributed by atoms with E-state index in [1.165, 1.54) is 0 Å². The molecule has 15 heavy (non-hydrogen) atoms. The van der Waals surface area contributed by atoms with Crippen molar-refractivity contribution in [1.29, 1.82) is 0 Å². The van der Waals surface area contributed by atoms with Gasteiger partial charge in [-0.2, -0.15) is 0 Å². The second-order valence-corrected chi connectivity index (χ2v) is 3.13. The van der Waals surface area contributed by atoms with Crippen LogP contribution in [0.1, 0.15) is 26.0 Å². The van der Waals surface area contributed by atoms with E-state index in [4.69, 9.17) is 4.74 Å². The molecule has 0 aliphatic rings. The molecular weight excluding hydrogens is 192 g/mol. The maximum Gasteiger partial charge on any atom is 0.412 e. The predicted octanol–water partition coefficient (Wildman–Crippen LogP) is 2.60. The zero-order chi connectivity index (χ0) is 11.1. The number of aryl methyl sites for hydroxylation is 1. The fourth-order valence-electron chi connectivity index (χ4n) is 1.08. The summed E-state index contributed by atoms with van der Waals surface area (Å²) in [6, 6.07) is 5.52. The van der Waals surface area contributed by atoms with E-state index in [1.54, 1.807) is 6.07 Å². The predicted molar refractivity (Wildman–Crippen MR) is 58.9 cm³/mol. The van der Waals surface area contributed by atoms with Crippen molar-refractivity contribution in [3.8, 4) is 0 Å². The lowest BCUT2D eigenvalue weighted by atomic mass is 10.3. The minimum Gasteiger partial charge on any atom is -0.449 e. The number of nitrogens with one attached hydrogen (secondary N) is 1. The molecular formula is C11H16N2O2. The van der Waals surface area contributed by atoms with Crippen LogP contribution in [0.15, 0.2) is 18.2 Å². The largest absolute Gasteiger partial charge is 0.449 e. The van der Waals surface area contributed by atoms with Crippen LogP contribution in [0.3, 0.4) is 0 Å². The molecule has 82 valence electrons. The summed E-state index contributed by atoms with van der Waals surface area (Å²) in [4.78, 5) is 15.4. The number of rotatable bonds is 4. The average Bonchev–Trinajstić information content (AvgIpc) is 2.26. The summed E-state index contributed by atoms with van der Waals surface area (Å²) >= 11 is 0. The molecule has 4 heteroatoms. The van der Waals surface area contributed by atoms with Crippen LogP contribution in [0.2, 0.25) is 0 Å². The second kappa shape index (κ2) is 6.01. The van der Waals surface area contributed by atoms with Gasteiger partial charge in [0.1, 0.15) is 5.82 Å². The van der Waals surface area contributed by atoms with Crippen molar-refractivity contribution in [3.05, 3.63) is 23.9 Å². The number of anilines is 1. The van der Waals surface area contributed by atoms with E-state index in [9.17, 15) is 4.79 Å². The monoisotopic (exact) mass is 208 g/mol. The summed E-state index contributed by atoms with van der Waals surface area (Å²) in [5.74, 6) is 0.537. The Morgan fingerprint density at radius 1 is 1.47 bits per heavy atom. The number of hydrogen-bond donors (Lipinski definition) is 1. The van der Waals surface area contributed by atoms with Gasteiger partial charge in [-0.15, -0.1) is 0 Å². The summed E-state index contributed by atoms with van der Waals surface area (Å²) in [6.07, 6.45) is 1.22. The first-order chi connectivity index (χ1) is 7.26. The molecule has 1 aromatic rings. The Hall–Kier alpha value is -1.58. The van der Waals surface area contributed by atoms with Crippen molar-refractivity contribution in [1.82, 2.24) is 4.98 Å². The Kier molecular flexibility index (Phi) is 4.60. The number of carbonyl (C=O) groups excluding carboxylic acids is 1. The molecule has 0 fully saturated rings. The third-order valence-corrected chi connectivity index (χ3v) is 1.84. The average molecular weight is 208 g/mol. The van der Waals surface area contributed by atoms with Crippen LogP contribution >= 0.6 is 0 Å². The first-order valence-electron chi connectivity index (χ1n) is 5.16. The van der Waals surface area contributed by atoms with E-state index in [0.717, 1.165) is 18.5 Å². The highest BCUT2D eigenvalue weighted by atomic mass is 16.5. The van der Waals surface area contributed by atoms with Crippen LogP contribution in [0.4, 0.5) is 10.6 Å². The summed E-state index contributed by atoms with van der Waals surface area (Å²) in [6.45, 7) is 4.39. The Labute approximate surface area is 89.7 Å². The normalized spacial score (nSPS) is 9.73. The quantitative estimate of drug-likeness (QED) is 0.827. The van der Waals surface area contributed by atoms with Gasteiger partial charge in [-0.25, -0.2) is 9.78 Å². The molecule has 0 aliphatic heterocycles. The molecule has 0 spiro atoms. The highest BCUT2D eigenvalue weighted by molar-refractivity contribution is 5.83. The van der Waals surface area contributed by atoms with E-state index in [-0.39, 0.29) is 0 Å². The minimum atomic E-state index is -0.447. The van der Waals surface area contributed by atoms with Gasteiger partial charge >= 0.3 is 6.09 Å². The van der Waals surface area contributed by atoms with Gasteiger partial charge in [0.25, 0.3) is 0 Å². The zero-order valence-corrected chi connectivity index (χ0v) is 9.12. The molecule has 0 radical (unpaired) electrons. The first kappa shape index (κ1) is 11.5. The molecule has 0 atom stereocenters. The molecule has 0 saturated heterocycles. The van der Waals surface area contributed by atoms with Crippen LogP contribution in [-0.4, -0.2) is 17.7 Å². The molecule has 0 aromatic carbocycles. The Balaban J connectivity index is 2.52. The first-order valence-corrected chi connectivity index (χ1v) is 5.16. The molecule has 0 bridgehead atoms. The van der Waals surface area contributed by atoms with Crippen molar-refractivity contribution >= 4 is 11.9 Å². The molecule has 4 nitrogen and oxygen atoms in total. The van der Waals surface area contributed by atoms with E-state index in [1.807, 2.05) is 26.0 Å². The van der Waals surface area contributed by atoms with Gasteiger partial charge in [-0.05, 0) is 25.0 Å². The van der Waals surface area contributed by atoms with E-state index >= 15 is 0 Å². The van der Waals surface area contributed by atoms with Crippen molar-refractivity contribution < 1.29 is 9.53 Å². The summed E-state index contributed by atoms with van der Waals surface area (Å²) < 4.78 is 4.88. The summed E-state index contributed by atoms with van der Waals surface area (Å²) in [5, 5.41) is 2.58. The van der Waals surface area contributed by atoms with Gasteiger partial charge < -0.3 is 4.74 Å². The number of carbonyl (C=O) groups is 1. The highest BCUT2D eigenvalue weighted by Gasteiger charge is 2.03. The van der Waals surface area contributed by atoms with Gasteiger partial charge in [0.05, 0.1) is 6.61 Å². The van der Waals surface area contributed by atoms with E-state index in [0.29, 0.717) is 12.4 Å². The van der Waals surface area contributed by atoms with Crippen LogP contribution < -0.4 is 5.32 Å². The molecule has 0 unspecified atom stereocenters. The van der Waals surface area contributed by atoms with E-state index in [2.05, 4.69) is 10.3 Å². The smallest absolute Gasteiger partial charge is 0.412 e. The fourth-order valence-corrected chi connectivity index (χ4v) is 1.08. The van der Waals surface area contributed by atoms with Crippen LogP contribution in [-0.2, 0) is 11.2 Å². The zero-order valence-electron chi connectivity index (χ0n) is 9.12. The number of aromatic nitrogens is 1. The Morgan fingerprint density at radius 3 is 2.93 bits per heavy atom. The molecule has 1 heterocycles. The van der Waals surface area contributed by atoms with Gasteiger partial charge in [-0.1, -0.05) is 19.9 Å². The van der Waals surface area contributed by atoms with Crippen molar-refractivity contribution in [2.24, 2.45) is 0 Å². The van der Waals surface area contributed by atoms with Crippen LogP contribution in [0.25, 0.3) is 0 Å². The molecule has 1 aromatic heterocycles. The molecule has 1 N–H and O–H groups in total. The third-order valence-electron chi connectivity index (χ3n) is 1.84. The molecule has 0 aliphatic carbocycles. The molecule has 0 saturated carbocycles. The van der Waals surface area contributed by atoms with Gasteiger partial charge in [0.15, 0.2) is 0 Å². The van der Waals surface area contributed by atoms with Crippen molar-refractivity contribution in [2.75, 3.05) is 11.9 Å². The van der Waals surface area contributed by atoms with Gasteiger partial charge in [0.2, 0.25) is 0 Å². The number of pyridine rings is 1. The topological polar surface area (TPSA) is 51.2 Å². The summed E-state index contributed by atoms with van der Waals surface area (Å²) in [5.41, 5.74) is 0.947. The lowest BCUT2D eigenvalue weighted by Gasteiger charge is -2.05. The second-order valence-electron chi connectivity index (χ2n) is 3.13. The lowest BCUT2D eigenvalue weighted by Crippen LogP contribution is -2.15. The maximum atomic E-state index is 11.2. The van der Waals surface area contributed by atoms with Crippen molar-refractivity contribution in [3.63, 3.8) is 0 Å². The Morgan fingerprint density at radius 2 is 2.27 bits per heavy atom. The van der Waals surface area contributed by atoms with Gasteiger partial charge in [0, 0.05) is 5.69 Å². The van der Waals surface area contributed by atoms with Gasteiger partial charge in [-0.3, -0.25) is 5.32 Å². The maximum absolute atomic E-state index is 11.2. The third kappa shape index (κ3) is 3.97. The van der Waals surface area contributed by atoms with Crippen molar-refractivity contribution in [2.45, 2.75) is 26.7 Å². The SMILES string of the molecule is CCCOC(=O)Nc1cccc(CC)n1. The number of amides is 1. The highest BCUT2D eigenvalue weighted by Crippen LogP contribution is 2.05. The number of hydrogen-bond acceptors (Lipinski definition) is 3. The standard InChI is InChI=1S/C11H16N2O2/c1-3-8-15-11(14)13-10-7-5-6-9(4-2)12-10/h5-7H,3-4,8H2,1-2H3,(H,12,13,14). The Bertz CT molecular complexity index is 326. The fraction of sp³-hybridized carbons (Fsp3) is 0.455. The molecule has 1 rings (SSSR count). The van der Waals surface area contributed by atoms with Crippen LogP contribution in [0.5, 0.6) is 0 Å². The summed E-state index contributed by atoms with van der Waals surface area (Å²) in [7, 11) is 0. The lowest BCUT2D eigenvalue weighted by molar-refractivity contribution is 0.161.